The summed E-state index contributed by atoms with van der Waals surface area (Å²) in [6.45, 7) is 11.9. The molecule has 0 aromatic rings. The summed E-state index contributed by atoms with van der Waals surface area (Å²) in [5.74, 6) is -2.59. The van der Waals surface area contributed by atoms with Crippen LogP contribution in [0.3, 0.4) is 0 Å². The maximum atomic E-state index is 13.7. The average molecular weight is 941 g/mol. The molecule has 7 fully saturated rings. The van der Waals surface area contributed by atoms with Gasteiger partial charge >= 0.3 is 11.9 Å². The van der Waals surface area contributed by atoms with Crippen LogP contribution in [-0.4, -0.2) is 175 Å². The number of carbonyl (C=O) groups excluding carboxylic acids is 1. The average Bonchev–Trinajstić information content (AvgIpc) is 3.26. The van der Waals surface area contributed by atoms with Gasteiger partial charge in [-0.15, -0.1) is 0 Å². The van der Waals surface area contributed by atoms with Crippen molar-refractivity contribution < 1.29 is 93.9 Å². The van der Waals surface area contributed by atoms with Crippen molar-refractivity contribution in [2.24, 2.45) is 50.2 Å². The number of aliphatic carboxylic acids is 2. The van der Waals surface area contributed by atoms with Crippen molar-refractivity contribution >= 4 is 18.2 Å². The largest absolute Gasteiger partial charge is 0.481 e. The van der Waals surface area contributed by atoms with Gasteiger partial charge in [0, 0.05) is 0 Å². The maximum absolute atomic E-state index is 13.7. The number of carbonyl (C=O) groups is 3. The minimum atomic E-state index is -2.08. The van der Waals surface area contributed by atoms with Gasteiger partial charge in [0.05, 0.1) is 30.1 Å². The van der Waals surface area contributed by atoms with Gasteiger partial charge in [-0.25, -0.2) is 4.79 Å². The zero-order valence-electron chi connectivity index (χ0n) is 38.7. The molecule has 0 bridgehead atoms. The predicted molar refractivity (Wildman–Crippen MR) is 226 cm³/mol. The summed E-state index contributed by atoms with van der Waals surface area (Å²) in [5, 5.41) is 106. The Hall–Kier alpha value is -2.21. The number of allylic oxidation sites excluding steroid dienone is 2. The summed E-state index contributed by atoms with van der Waals surface area (Å²) in [6, 6.07) is 0. The lowest BCUT2D eigenvalue weighted by Gasteiger charge is -2.71. The second-order valence-corrected chi connectivity index (χ2v) is 22.7. The maximum Gasteiger partial charge on any atom is 0.335 e. The van der Waals surface area contributed by atoms with E-state index in [1.54, 1.807) is 0 Å². The van der Waals surface area contributed by atoms with Crippen molar-refractivity contribution in [3.05, 3.63) is 11.6 Å². The van der Waals surface area contributed by atoms with Crippen molar-refractivity contribution in [2.45, 2.75) is 198 Å². The number of ether oxygens (including phenoxy) is 6. The van der Waals surface area contributed by atoms with Gasteiger partial charge in [0.25, 0.3) is 0 Å². The first-order valence-corrected chi connectivity index (χ1v) is 23.7. The molecule has 0 radical (unpaired) electrons. The Morgan fingerprint density at radius 2 is 1.39 bits per heavy atom. The Balaban J connectivity index is 1.09. The molecular formula is C47H72O19. The molecule has 10 N–H and O–H groups in total. The lowest BCUT2D eigenvalue weighted by atomic mass is 9.33. The first-order valence-electron chi connectivity index (χ1n) is 23.7. The third-order valence-electron chi connectivity index (χ3n) is 18.9. The molecule has 0 spiro atoms. The van der Waals surface area contributed by atoms with Crippen LogP contribution in [-0.2, 0) is 42.8 Å². The molecule has 23 atom stereocenters. The quantitative estimate of drug-likeness (QED) is 0.0815. The van der Waals surface area contributed by atoms with Crippen molar-refractivity contribution in [2.75, 3.05) is 13.2 Å². The van der Waals surface area contributed by atoms with Crippen LogP contribution in [0.1, 0.15) is 106 Å². The lowest BCUT2D eigenvalue weighted by Crippen LogP contribution is -2.68. The van der Waals surface area contributed by atoms with Crippen LogP contribution >= 0.6 is 0 Å². The molecule has 66 heavy (non-hydrogen) atoms. The Kier molecular flexibility index (Phi) is 13.4. The van der Waals surface area contributed by atoms with Gasteiger partial charge in [-0.2, -0.15) is 0 Å². The molecule has 374 valence electrons. The fourth-order valence-electron chi connectivity index (χ4n) is 14.7. The highest BCUT2D eigenvalue weighted by molar-refractivity contribution is 5.77. The number of carboxylic acid groups (broad SMARTS) is 2. The fraction of sp³-hybridized carbons (Fsp3) is 0.894. The van der Waals surface area contributed by atoms with Crippen LogP contribution in [0, 0.1) is 50.2 Å². The number of aliphatic hydroxyl groups is 8. The van der Waals surface area contributed by atoms with E-state index in [0.29, 0.717) is 32.1 Å². The summed E-state index contributed by atoms with van der Waals surface area (Å²) in [7, 11) is 0. The second kappa shape index (κ2) is 17.6. The molecule has 19 heteroatoms. The SMILES string of the molecule is CC1(C)CC[C@]2(C(=O)O)CC[C@]3(C)C(=CC[C@@H]4[C@@]5(C)CC[C@H](O[C@@H]6O[C@H](C(=O)O)[C@@H](O[C@@H]7O[C@H](CO)[C@@H](O)[C@H](O)[C@H]7O)[C@H](O)[C@H]6O[C@@H]6OC[C@@H](O)[C@H](O)[C@H]6O)[C@@](C)(C=O)[C@@H]5CC[C@]43C)[C@@H]2C1. The van der Waals surface area contributed by atoms with Gasteiger partial charge in [0.1, 0.15) is 67.3 Å². The molecule has 0 unspecified atom stereocenters. The molecule has 3 saturated heterocycles. The molecule has 0 amide bonds. The van der Waals surface area contributed by atoms with Gasteiger partial charge in [-0.05, 0) is 104 Å². The number of carboxylic acids is 2. The van der Waals surface area contributed by atoms with Crippen molar-refractivity contribution in [1.29, 1.82) is 0 Å². The highest BCUT2D eigenvalue weighted by Gasteiger charge is 2.70. The lowest BCUT2D eigenvalue weighted by molar-refractivity contribution is -0.385. The van der Waals surface area contributed by atoms with E-state index in [9.17, 15) is 65.4 Å². The van der Waals surface area contributed by atoms with Crippen molar-refractivity contribution in [1.82, 2.24) is 0 Å². The summed E-state index contributed by atoms with van der Waals surface area (Å²) < 4.78 is 35.5. The van der Waals surface area contributed by atoms with E-state index in [1.807, 2.05) is 6.92 Å². The van der Waals surface area contributed by atoms with Gasteiger partial charge in [-0.3, -0.25) is 4.79 Å². The standard InChI is InChI=1S/C47H72O19/c1-42(2)13-15-47(41(59)60)16-14-45(5)21(22(47)17-42)7-8-26-43(3)11-10-27(44(4,20-49)25(43)9-12-46(26,45)6)63-40-35(65-38-31(54)28(51)23(50)19-61-38)33(56)34(36(66-40)37(57)58)64-39-32(55)30(53)29(52)24(18-48)62-39/h7,20,22-36,38-40,48,50-56H,8-19H2,1-6H3,(H,57,58)(H,59,60)/t22-,23+,24+,25+,26+,27-,28-,29+,30-,31+,32+,33-,34-,35+,36-,38-,39-,40+,43-,44-,45+,46+,47-/m0/s1. The number of aliphatic hydroxyl groups excluding tert-OH is 8. The number of rotatable bonds is 10. The third kappa shape index (κ3) is 7.65. The van der Waals surface area contributed by atoms with Crippen molar-refractivity contribution in [3.8, 4) is 0 Å². The number of hydrogen-bond donors (Lipinski definition) is 10. The Bertz CT molecular complexity index is 1880. The molecule has 3 aliphatic heterocycles. The van der Waals surface area contributed by atoms with E-state index in [0.717, 1.165) is 38.4 Å². The fourth-order valence-corrected chi connectivity index (χ4v) is 14.7. The highest BCUT2D eigenvalue weighted by Crippen LogP contribution is 2.76. The van der Waals surface area contributed by atoms with Crippen LogP contribution in [0.25, 0.3) is 0 Å². The molecule has 8 aliphatic rings. The smallest absolute Gasteiger partial charge is 0.335 e. The van der Waals surface area contributed by atoms with E-state index >= 15 is 0 Å². The number of fused-ring (bicyclic) bond motifs is 7. The Morgan fingerprint density at radius 1 is 0.727 bits per heavy atom. The zero-order valence-corrected chi connectivity index (χ0v) is 38.7. The minimum Gasteiger partial charge on any atom is -0.481 e. The summed E-state index contributed by atoms with van der Waals surface area (Å²) in [4.78, 5) is 39.8. The summed E-state index contributed by atoms with van der Waals surface area (Å²) in [6.07, 6.45) is -16.7. The van der Waals surface area contributed by atoms with Gasteiger partial charge < -0.3 is 84.3 Å². The number of aldehydes is 1. The molecule has 19 nitrogen and oxygen atoms in total. The van der Waals surface area contributed by atoms with Gasteiger partial charge in [0.2, 0.25) is 0 Å². The molecule has 0 aromatic heterocycles. The monoisotopic (exact) mass is 940 g/mol. The topological polar surface area (TPSA) is 309 Å². The molecule has 8 rings (SSSR count). The molecule has 3 heterocycles. The molecule has 5 aliphatic carbocycles. The van der Waals surface area contributed by atoms with Crippen LogP contribution in [0.5, 0.6) is 0 Å². The Morgan fingerprint density at radius 3 is 2.05 bits per heavy atom. The van der Waals surface area contributed by atoms with Crippen LogP contribution < -0.4 is 0 Å². The normalized spacial score (nSPS) is 53.5. The molecular weight excluding hydrogens is 868 g/mol. The van der Waals surface area contributed by atoms with Crippen molar-refractivity contribution in [3.63, 3.8) is 0 Å². The van der Waals surface area contributed by atoms with Crippen LogP contribution in [0.4, 0.5) is 0 Å². The predicted octanol–water partition coefficient (Wildman–Crippen LogP) is 0.617. The highest BCUT2D eigenvalue weighted by atomic mass is 16.8. The van der Waals surface area contributed by atoms with Gasteiger partial charge in [-0.1, -0.05) is 53.2 Å². The molecule has 4 saturated carbocycles. The van der Waals surface area contributed by atoms with E-state index in [4.69, 9.17) is 28.4 Å². The number of hydrogen-bond acceptors (Lipinski definition) is 17. The Labute approximate surface area is 384 Å². The summed E-state index contributed by atoms with van der Waals surface area (Å²) in [5.41, 5.74) is -1.64. The second-order valence-electron chi connectivity index (χ2n) is 22.7. The van der Waals surface area contributed by atoms with Crippen LogP contribution in [0.15, 0.2) is 11.6 Å². The first kappa shape index (κ1) is 50.2. The van der Waals surface area contributed by atoms with E-state index in [2.05, 4.69) is 40.7 Å². The zero-order chi connectivity index (χ0) is 48.3. The third-order valence-corrected chi connectivity index (χ3v) is 18.9. The molecule has 0 aromatic carbocycles. The minimum absolute atomic E-state index is 0.00605. The van der Waals surface area contributed by atoms with Gasteiger partial charge in [0.15, 0.2) is 25.0 Å². The van der Waals surface area contributed by atoms with E-state index in [-0.39, 0.29) is 34.0 Å². The first-order chi connectivity index (χ1) is 30.8. The van der Waals surface area contributed by atoms with E-state index in [1.165, 1.54) is 5.57 Å². The van der Waals surface area contributed by atoms with Crippen LogP contribution in [0.2, 0.25) is 0 Å². The van der Waals surface area contributed by atoms with E-state index < -0.39 is 134 Å². The summed E-state index contributed by atoms with van der Waals surface area (Å²) >= 11 is 0.